The van der Waals surface area contributed by atoms with E-state index in [1.807, 2.05) is 6.07 Å². The molecule has 7 heteroatoms. The number of carbonyl (C=O) groups excluding carboxylic acids is 3. The van der Waals surface area contributed by atoms with E-state index in [2.05, 4.69) is 10.1 Å². The molecule has 0 aliphatic carbocycles. The Balaban J connectivity index is 1.50. The second-order valence-corrected chi connectivity index (χ2v) is 7.18. The van der Waals surface area contributed by atoms with Crippen LogP contribution in [0.1, 0.15) is 49.5 Å². The molecule has 0 spiro atoms. The number of hydrogen-bond donors (Lipinski definition) is 1. The van der Waals surface area contributed by atoms with Crippen LogP contribution < -0.4 is 5.32 Å². The summed E-state index contributed by atoms with van der Waals surface area (Å²) in [5, 5.41) is 2.79. The minimum atomic E-state index is -0.444. The van der Waals surface area contributed by atoms with E-state index >= 15 is 0 Å². The lowest BCUT2D eigenvalue weighted by Crippen LogP contribution is -2.32. The maximum Gasteiger partial charge on any atom is 0.337 e. The van der Waals surface area contributed by atoms with E-state index in [0.717, 1.165) is 25.0 Å². The molecule has 0 bridgehead atoms. The molecule has 7 nitrogen and oxygen atoms in total. The molecule has 1 saturated heterocycles. The van der Waals surface area contributed by atoms with E-state index in [4.69, 9.17) is 4.74 Å². The van der Waals surface area contributed by atoms with Crippen molar-refractivity contribution >= 4 is 23.5 Å². The quantitative estimate of drug-likeness (QED) is 0.789. The number of benzene rings is 2. The van der Waals surface area contributed by atoms with Gasteiger partial charge in [-0.2, -0.15) is 0 Å². The van der Waals surface area contributed by atoms with E-state index < -0.39 is 5.97 Å². The van der Waals surface area contributed by atoms with Crippen LogP contribution in [0.15, 0.2) is 42.5 Å². The summed E-state index contributed by atoms with van der Waals surface area (Å²) in [4.78, 5) is 39.1. The van der Waals surface area contributed by atoms with Gasteiger partial charge in [0.05, 0.1) is 29.9 Å². The number of hydrogen-bond acceptors (Lipinski definition) is 5. The van der Waals surface area contributed by atoms with Crippen molar-refractivity contribution in [2.24, 2.45) is 0 Å². The summed E-state index contributed by atoms with van der Waals surface area (Å²) in [6, 6.07) is 11.7. The largest absolute Gasteiger partial charge is 0.465 e. The zero-order chi connectivity index (χ0) is 20.4. The topological polar surface area (TPSA) is 84.9 Å². The van der Waals surface area contributed by atoms with Crippen molar-refractivity contribution < 1.29 is 23.9 Å². The number of rotatable bonds is 5. The number of amides is 2. The average Bonchev–Trinajstić information content (AvgIpc) is 3.36. The summed E-state index contributed by atoms with van der Waals surface area (Å²) in [5.74, 6) is -0.942. The van der Waals surface area contributed by atoms with Crippen LogP contribution >= 0.6 is 0 Å². The molecule has 2 aliphatic heterocycles. The Morgan fingerprint density at radius 2 is 2.00 bits per heavy atom. The summed E-state index contributed by atoms with van der Waals surface area (Å²) in [6.07, 6.45) is 2.04. The predicted octanol–water partition coefficient (Wildman–Crippen LogP) is 2.86. The fraction of sp³-hybridized carbons (Fsp3) is 0.318. The Hall–Kier alpha value is -3.19. The highest BCUT2D eigenvalue weighted by Gasteiger charge is 2.33. The molecule has 0 unspecified atom stereocenters. The Kier molecular flexibility index (Phi) is 5.31. The third-order valence-electron chi connectivity index (χ3n) is 5.27. The molecule has 2 aromatic carbocycles. The van der Waals surface area contributed by atoms with E-state index in [1.54, 1.807) is 41.3 Å². The SMILES string of the molecule is COC(=O)c1ccc(NC(=O)c2cccc3c2C(=O)N(C[C@@H]2CCCO2)C3)cc1. The standard InChI is InChI=1S/C22H22N2O5/c1-28-22(27)14-7-9-16(10-8-14)23-20(25)18-6-2-4-15-12-24(21(26)19(15)18)13-17-5-3-11-29-17/h2,4,6-10,17H,3,5,11-13H2,1H3,(H,23,25)/t17-/m0/s1. The Bertz CT molecular complexity index is 948. The van der Waals surface area contributed by atoms with Gasteiger partial charge in [-0.25, -0.2) is 4.79 Å². The third-order valence-corrected chi connectivity index (χ3v) is 5.27. The fourth-order valence-corrected chi connectivity index (χ4v) is 3.80. The van der Waals surface area contributed by atoms with E-state index in [-0.39, 0.29) is 17.9 Å². The Morgan fingerprint density at radius 3 is 2.69 bits per heavy atom. The highest BCUT2D eigenvalue weighted by atomic mass is 16.5. The summed E-state index contributed by atoms with van der Waals surface area (Å²) in [5.41, 5.74) is 2.57. The maximum atomic E-state index is 13.0. The van der Waals surface area contributed by atoms with Gasteiger partial charge in [0.15, 0.2) is 0 Å². The summed E-state index contributed by atoms with van der Waals surface area (Å²) in [6.45, 7) is 1.77. The number of esters is 1. The molecule has 2 amide bonds. The van der Waals surface area contributed by atoms with Crippen LogP contribution in [0.5, 0.6) is 0 Å². The first kappa shape index (κ1) is 19.1. The van der Waals surface area contributed by atoms with Crippen molar-refractivity contribution in [1.82, 2.24) is 4.90 Å². The number of carbonyl (C=O) groups is 3. The van der Waals surface area contributed by atoms with Crippen LogP contribution in [0.2, 0.25) is 0 Å². The molecule has 1 fully saturated rings. The number of ether oxygens (including phenoxy) is 2. The fourth-order valence-electron chi connectivity index (χ4n) is 3.80. The first-order valence-electron chi connectivity index (χ1n) is 9.59. The van der Waals surface area contributed by atoms with Gasteiger partial charge in [-0.05, 0) is 48.7 Å². The van der Waals surface area contributed by atoms with E-state index in [1.165, 1.54) is 7.11 Å². The molecular formula is C22H22N2O5. The third kappa shape index (κ3) is 3.86. The monoisotopic (exact) mass is 394 g/mol. The van der Waals surface area contributed by atoms with Gasteiger partial charge in [-0.3, -0.25) is 9.59 Å². The molecule has 1 atom stereocenters. The second kappa shape index (κ2) is 8.05. The summed E-state index contributed by atoms with van der Waals surface area (Å²) >= 11 is 0. The molecule has 0 aromatic heterocycles. The minimum Gasteiger partial charge on any atom is -0.465 e. The summed E-state index contributed by atoms with van der Waals surface area (Å²) < 4.78 is 10.3. The van der Waals surface area contributed by atoms with E-state index in [9.17, 15) is 14.4 Å². The highest BCUT2D eigenvalue weighted by molar-refractivity contribution is 6.13. The first-order chi connectivity index (χ1) is 14.1. The van der Waals surface area contributed by atoms with Crippen LogP contribution in [0.25, 0.3) is 0 Å². The lowest BCUT2D eigenvalue weighted by molar-refractivity contribution is 0.0544. The van der Waals surface area contributed by atoms with E-state index in [0.29, 0.717) is 35.5 Å². The van der Waals surface area contributed by atoms with Gasteiger partial charge < -0.3 is 19.7 Å². The molecule has 2 aromatic rings. The first-order valence-corrected chi connectivity index (χ1v) is 9.59. The zero-order valence-corrected chi connectivity index (χ0v) is 16.1. The molecule has 0 saturated carbocycles. The predicted molar refractivity (Wildman–Crippen MR) is 106 cm³/mol. The minimum absolute atomic E-state index is 0.0684. The van der Waals surface area contributed by atoms with Crippen molar-refractivity contribution in [2.45, 2.75) is 25.5 Å². The molecule has 2 heterocycles. The lowest BCUT2D eigenvalue weighted by Gasteiger charge is -2.19. The molecule has 2 aliphatic rings. The lowest BCUT2D eigenvalue weighted by atomic mass is 10.0. The molecular weight excluding hydrogens is 372 g/mol. The van der Waals surface area contributed by atoms with Crippen molar-refractivity contribution in [3.05, 3.63) is 64.7 Å². The molecule has 1 N–H and O–H groups in total. The smallest absolute Gasteiger partial charge is 0.337 e. The second-order valence-electron chi connectivity index (χ2n) is 7.18. The van der Waals surface area contributed by atoms with Gasteiger partial charge in [0.25, 0.3) is 11.8 Å². The summed E-state index contributed by atoms with van der Waals surface area (Å²) in [7, 11) is 1.31. The number of fused-ring (bicyclic) bond motifs is 1. The Morgan fingerprint density at radius 1 is 1.21 bits per heavy atom. The van der Waals surface area contributed by atoms with Gasteiger partial charge in [0, 0.05) is 25.4 Å². The van der Waals surface area contributed by atoms with Crippen LogP contribution in [0.4, 0.5) is 5.69 Å². The van der Waals surface area contributed by atoms with Crippen molar-refractivity contribution in [3.8, 4) is 0 Å². The maximum absolute atomic E-state index is 13.0. The molecule has 29 heavy (non-hydrogen) atoms. The number of anilines is 1. The molecule has 150 valence electrons. The van der Waals surface area contributed by atoms with Crippen LogP contribution in [-0.4, -0.2) is 49.0 Å². The normalized spacial score (nSPS) is 17.9. The van der Waals surface area contributed by atoms with Crippen molar-refractivity contribution in [2.75, 3.05) is 25.6 Å². The van der Waals surface area contributed by atoms with Crippen molar-refractivity contribution in [3.63, 3.8) is 0 Å². The van der Waals surface area contributed by atoms with Crippen LogP contribution in [0, 0.1) is 0 Å². The number of nitrogens with one attached hydrogen (secondary N) is 1. The van der Waals surface area contributed by atoms with Gasteiger partial charge in [0.1, 0.15) is 0 Å². The molecule has 0 radical (unpaired) electrons. The highest BCUT2D eigenvalue weighted by Crippen LogP contribution is 2.28. The Labute approximate surface area is 168 Å². The average molecular weight is 394 g/mol. The number of nitrogens with zero attached hydrogens (tertiary/aromatic N) is 1. The van der Waals surface area contributed by atoms with Crippen molar-refractivity contribution in [1.29, 1.82) is 0 Å². The van der Waals surface area contributed by atoms with Gasteiger partial charge in [-0.1, -0.05) is 12.1 Å². The van der Waals surface area contributed by atoms with Gasteiger partial charge in [-0.15, -0.1) is 0 Å². The van der Waals surface area contributed by atoms with Gasteiger partial charge in [0.2, 0.25) is 0 Å². The van der Waals surface area contributed by atoms with Crippen LogP contribution in [0.3, 0.4) is 0 Å². The zero-order valence-electron chi connectivity index (χ0n) is 16.1. The molecule has 4 rings (SSSR count). The van der Waals surface area contributed by atoms with Gasteiger partial charge >= 0.3 is 5.97 Å². The number of methoxy groups -OCH3 is 1. The van der Waals surface area contributed by atoms with Crippen LogP contribution in [-0.2, 0) is 16.0 Å².